The highest BCUT2D eigenvalue weighted by atomic mass is 32.1. The van der Waals surface area contributed by atoms with Crippen LogP contribution in [0.15, 0.2) is 0 Å². The van der Waals surface area contributed by atoms with Crippen LogP contribution in [0, 0.1) is 12.8 Å². The van der Waals surface area contributed by atoms with E-state index in [9.17, 15) is 9.90 Å². The van der Waals surface area contributed by atoms with Gasteiger partial charge >= 0.3 is 0 Å². The predicted molar refractivity (Wildman–Crippen MR) is 76.5 cm³/mol. The molecule has 4 nitrogen and oxygen atoms in total. The van der Waals surface area contributed by atoms with Crippen LogP contribution in [0.25, 0.3) is 0 Å². The number of rotatable bonds is 5. The van der Waals surface area contributed by atoms with Crippen molar-refractivity contribution in [1.82, 2.24) is 10.3 Å². The van der Waals surface area contributed by atoms with E-state index in [0.29, 0.717) is 17.3 Å². The summed E-state index contributed by atoms with van der Waals surface area (Å²) in [6.45, 7) is 6.50. The summed E-state index contributed by atoms with van der Waals surface area (Å²) >= 11 is 1.47. The molecule has 1 amide bonds. The summed E-state index contributed by atoms with van der Waals surface area (Å²) in [4.78, 5) is 17.2. The SMILES string of the molecule is Cc1nc(CC(C)C)sc1C(=O)NCC1(O)CCC1. The molecule has 0 spiro atoms. The third kappa shape index (κ3) is 3.54. The molecular weight excluding hydrogens is 260 g/mol. The first-order valence-corrected chi connectivity index (χ1v) is 7.68. The summed E-state index contributed by atoms with van der Waals surface area (Å²) in [6.07, 6.45) is 3.52. The van der Waals surface area contributed by atoms with Crippen LogP contribution in [0.2, 0.25) is 0 Å². The van der Waals surface area contributed by atoms with Crippen LogP contribution in [0.5, 0.6) is 0 Å². The van der Waals surface area contributed by atoms with E-state index >= 15 is 0 Å². The second kappa shape index (κ2) is 5.59. The molecule has 106 valence electrons. The van der Waals surface area contributed by atoms with Crippen LogP contribution in [-0.4, -0.2) is 28.1 Å². The van der Waals surface area contributed by atoms with E-state index in [1.807, 2.05) is 6.92 Å². The van der Waals surface area contributed by atoms with Crippen LogP contribution in [0.4, 0.5) is 0 Å². The van der Waals surface area contributed by atoms with Gasteiger partial charge in [0, 0.05) is 13.0 Å². The average molecular weight is 282 g/mol. The highest BCUT2D eigenvalue weighted by Gasteiger charge is 2.34. The third-order valence-corrected chi connectivity index (χ3v) is 4.67. The topological polar surface area (TPSA) is 62.2 Å². The Labute approximate surface area is 118 Å². The molecule has 1 aliphatic rings. The third-order valence-electron chi connectivity index (χ3n) is 3.49. The fourth-order valence-electron chi connectivity index (χ4n) is 2.19. The van der Waals surface area contributed by atoms with Crippen LogP contribution in [-0.2, 0) is 6.42 Å². The highest BCUT2D eigenvalue weighted by molar-refractivity contribution is 7.13. The number of hydrogen-bond acceptors (Lipinski definition) is 4. The molecule has 5 heteroatoms. The number of nitrogens with zero attached hydrogens (tertiary/aromatic N) is 1. The zero-order valence-corrected chi connectivity index (χ0v) is 12.6. The number of thiazole rings is 1. The molecular formula is C14H22N2O2S. The van der Waals surface area contributed by atoms with Crippen molar-refractivity contribution in [3.63, 3.8) is 0 Å². The van der Waals surface area contributed by atoms with Crippen molar-refractivity contribution in [2.45, 2.75) is 52.1 Å². The summed E-state index contributed by atoms with van der Waals surface area (Å²) < 4.78 is 0. The Morgan fingerprint density at radius 1 is 1.53 bits per heavy atom. The zero-order valence-electron chi connectivity index (χ0n) is 11.8. The maximum Gasteiger partial charge on any atom is 0.263 e. The van der Waals surface area contributed by atoms with E-state index in [2.05, 4.69) is 24.1 Å². The molecule has 2 rings (SSSR count). The summed E-state index contributed by atoms with van der Waals surface area (Å²) in [6, 6.07) is 0. The molecule has 1 aliphatic carbocycles. The van der Waals surface area contributed by atoms with E-state index in [1.54, 1.807) is 0 Å². The quantitative estimate of drug-likeness (QED) is 0.871. The summed E-state index contributed by atoms with van der Waals surface area (Å²) in [5, 5.41) is 13.8. The molecule has 0 bridgehead atoms. The van der Waals surface area contributed by atoms with Crippen LogP contribution in [0.3, 0.4) is 0 Å². The second-order valence-corrected chi connectivity index (χ2v) is 6.96. The number of hydrogen-bond donors (Lipinski definition) is 2. The molecule has 0 aromatic carbocycles. The Bertz CT molecular complexity index is 464. The molecule has 1 aromatic rings. The molecule has 1 heterocycles. The molecule has 0 radical (unpaired) electrons. The maximum absolute atomic E-state index is 12.1. The second-order valence-electron chi connectivity index (χ2n) is 5.88. The van der Waals surface area contributed by atoms with Crippen molar-refractivity contribution in [2.75, 3.05) is 6.54 Å². The lowest BCUT2D eigenvalue weighted by atomic mass is 9.80. The van der Waals surface area contributed by atoms with E-state index in [0.717, 1.165) is 36.4 Å². The zero-order chi connectivity index (χ0) is 14.0. The molecule has 1 aromatic heterocycles. The van der Waals surface area contributed by atoms with Gasteiger partial charge in [0.25, 0.3) is 5.91 Å². The standard InChI is InChI=1S/C14H22N2O2S/c1-9(2)7-11-16-10(3)12(19-11)13(17)15-8-14(18)5-4-6-14/h9,18H,4-8H2,1-3H3,(H,15,17). The number of aryl methyl sites for hydroxylation is 1. The van der Waals surface area contributed by atoms with Crippen LogP contribution in [0.1, 0.15) is 53.5 Å². The molecule has 0 atom stereocenters. The highest BCUT2D eigenvalue weighted by Crippen LogP contribution is 2.30. The lowest BCUT2D eigenvalue weighted by Crippen LogP contribution is -2.47. The Balaban J connectivity index is 1.96. The summed E-state index contributed by atoms with van der Waals surface area (Å²) in [5.74, 6) is 0.433. The predicted octanol–water partition coefficient (Wildman–Crippen LogP) is 2.29. The molecule has 0 unspecified atom stereocenters. The Morgan fingerprint density at radius 3 is 2.74 bits per heavy atom. The Morgan fingerprint density at radius 2 is 2.21 bits per heavy atom. The summed E-state index contributed by atoms with van der Waals surface area (Å²) in [7, 11) is 0. The van der Waals surface area contributed by atoms with E-state index in [-0.39, 0.29) is 5.91 Å². The van der Waals surface area contributed by atoms with Gasteiger partial charge in [0.2, 0.25) is 0 Å². The van der Waals surface area contributed by atoms with Gasteiger partial charge in [-0.15, -0.1) is 11.3 Å². The van der Waals surface area contributed by atoms with Gasteiger partial charge in [0.05, 0.1) is 16.3 Å². The first-order valence-electron chi connectivity index (χ1n) is 6.86. The minimum absolute atomic E-state index is 0.106. The minimum Gasteiger partial charge on any atom is -0.388 e. The van der Waals surface area contributed by atoms with Crippen LogP contribution < -0.4 is 5.32 Å². The van der Waals surface area contributed by atoms with Crippen molar-refractivity contribution >= 4 is 17.2 Å². The minimum atomic E-state index is -0.672. The van der Waals surface area contributed by atoms with Crippen molar-refractivity contribution in [2.24, 2.45) is 5.92 Å². The number of amides is 1. The fraction of sp³-hybridized carbons (Fsp3) is 0.714. The molecule has 2 N–H and O–H groups in total. The number of aromatic nitrogens is 1. The van der Waals surface area contributed by atoms with Crippen LogP contribution >= 0.6 is 11.3 Å². The van der Waals surface area contributed by atoms with E-state index in [4.69, 9.17) is 0 Å². The maximum atomic E-state index is 12.1. The van der Waals surface area contributed by atoms with Crippen molar-refractivity contribution in [3.8, 4) is 0 Å². The fourth-order valence-corrected chi connectivity index (χ4v) is 3.38. The summed E-state index contributed by atoms with van der Waals surface area (Å²) in [5.41, 5.74) is 0.119. The van der Waals surface area contributed by atoms with Crippen molar-refractivity contribution < 1.29 is 9.90 Å². The van der Waals surface area contributed by atoms with Crippen molar-refractivity contribution in [3.05, 3.63) is 15.6 Å². The van der Waals surface area contributed by atoms with Gasteiger partial charge in [-0.2, -0.15) is 0 Å². The Hall–Kier alpha value is -0.940. The lowest BCUT2D eigenvalue weighted by Gasteiger charge is -2.36. The van der Waals surface area contributed by atoms with Gasteiger partial charge in [-0.3, -0.25) is 4.79 Å². The average Bonchev–Trinajstić information content (AvgIpc) is 2.63. The van der Waals surface area contributed by atoms with Gasteiger partial charge in [-0.25, -0.2) is 4.98 Å². The van der Waals surface area contributed by atoms with E-state index in [1.165, 1.54) is 11.3 Å². The normalized spacial score (nSPS) is 17.3. The molecule has 1 fully saturated rings. The number of aliphatic hydroxyl groups is 1. The monoisotopic (exact) mass is 282 g/mol. The van der Waals surface area contributed by atoms with E-state index < -0.39 is 5.60 Å². The molecule has 0 saturated heterocycles. The van der Waals surface area contributed by atoms with Gasteiger partial charge in [-0.1, -0.05) is 13.8 Å². The number of nitrogens with one attached hydrogen (secondary N) is 1. The first-order chi connectivity index (χ1) is 8.89. The smallest absolute Gasteiger partial charge is 0.263 e. The number of carbonyl (C=O) groups is 1. The van der Waals surface area contributed by atoms with Crippen molar-refractivity contribution in [1.29, 1.82) is 0 Å². The molecule has 1 saturated carbocycles. The Kier molecular flexibility index (Phi) is 4.26. The largest absolute Gasteiger partial charge is 0.388 e. The van der Waals surface area contributed by atoms with Gasteiger partial charge in [0.1, 0.15) is 4.88 Å². The first kappa shape index (κ1) is 14.5. The molecule has 19 heavy (non-hydrogen) atoms. The van der Waals surface area contributed by atoms with Gasteiger partial charge < -0.3 is 10.4 Å². The van der Waals surface area contributed by atoms with Gasteiger partial charge in [-0.05, 0) is 32.1 Å². The molecule has 0 aliphatic heterocycles. The number of carbonyl (C=O) groups excluding carboxylic acids is 1. The lowest BCUT2D eigenvalue weighted by molar-refractivity contribution is -0.0300. The van der Waals surface area contributed by atoms with Gasteiger partial charge in [0.15, 0.2) is 0 Å².